The molecule has 7 fully saturated rings. The van der Waals surface area contributed by atoms with Crippen LogP contribution in [0.5, 0.6) is 0 Å². The topological polar surface area (TPSA) is 282 Å². The van der Waals surface area contributed by atoms with Crippen molar-refractivity contribution in [2.75, 3.05) is 26.9 Å². The molecule has 0 unspecified atom stereocenters. The maximum atomic E-state index is 11.7. The number of aliphatic hydroxyl groups excluding tert-OH is 9. The van der Waals surface area contributed by atoms with Crippen LogP contribution >= 0.6 is 0 Å². The van der Waals surface area contributed by atoms with E-state index < -0.39 is 110 Å². The summed E-state index contributed by atoms with van der Waals surface area (Å²) in [5, 5.41) is 94.3. The van der Waals surface area contributed by atoms with Crippen molar-refractivity contribution in [2.45, 2.75) is 209 Å². The minimum atomic E-state index is -1.67. The molecule has 26 atom stereocenters. The molecule has 4 aliphatic carbocycles. The summed E-state index contributed by atoms with van der Waals surface area (Å²) in [7, 11) is 1.73. The lowest BCUT2D eigenvalue weighted by Crippen LogP contribution is -2.64. The molecular weight excluding hydrogens is 881 g/mol. The van der Waals surface area contributed by atoms with Gasteiger partial charge in [-0.25, -0.2) is 0 Å². The smallest absolute Gasteiger partial charge is 0.302 e. The number of carbonyl (C=O) groups excluding carboxylic acids is 1. The number of ether oxygens (including phenoxy) is 9. The molecule has 9 N–H and O–H groups in total. The van der Waals surface area contributed by atoms with Crippen molar-refractivity contribution in [1.29, 1.82) is 0 Å². The third kappa shape index (κ3) is 9.44. The molecule has 4 saturated heterocycles. The highest BCUT2D eigenvalue weighted by atomic mass is 16.8. The van der Waals surface area contributed by atoms with Gasteiger partial charge in [-0.05, 0) is 98.7 Å². The second-order valence-electron chi connectivity index (χ2n) is 21.8. The summed E-state index contributed by atoms with van der Waals surface area (Å²) in [6.45, 7) is 11.3. The van der Waals surface area contributed by atoms with E-state index >= 15 is 0 Å². The Hall–Kier alpha value is -1.47. The number of allylic oxidation sites excluding steroid dienone is 1. The molecule has 0 amide bonds. The summed E-state index contributed by atoms with van der Waals surface area (Å²) >= 11 is 0. The molecule has 0 radical (unpaired) electrons. The highest BCUT2D eigenvalue weighted by Crippen LogP contribution is 2.70. The van der Waals surface area contributed by atoms with E-state index in [4.69, 9.17) is 42.6 Å². The Bertz CT molecular complexity index is 1740. The van der Waals surface area contributed by atoms with Crippen molar-refractivity contribution in [3.63, 3.8) is 0 Å². The molecule has 4 heterocycles. The van der Waals surface area contributed by atoms with Crippen LogP contribution in [0.25, 0.3) is 0 Å². The molecule has 0 aromatic carbocycles. The van der Waals surface area contributed by atoms with Crippen LogP contribution in [0.15, 0.2) is 11.6 Å². The molecule has 4 aliphatic heterocycles. The van der Waals surface area contributed by atoms with Crippen LogP contribution in [0.1, 0.15) is 99.3 Å². The Morgan fingerprint density at radius 2 is 1.51 bits per heavy atom. The Morgan fingerprint density at radius 1 is 0.821 bits per heavy atom. The van der Waals surface area contributed by atoms with Gasteiger partial charge in [-0.3, -0.25) is 4.79 Å². The third-order valence-electron chi connectivity index (χ3n) is 18.0. The fourth-order valence-electron chi connectivity index (χ4n) is 14.0. The number of fused-ring (bicyclic) bond motifs is 7. The Morgan fingerprint density at radius 3 is 2.21 bits per heavy atom. The predicted molar refractivity (Wildman–Crippen MR) is 232 cm³/mol. The van der Waals surface area contributed by atoms with E-state index in [0.717, 1.165) is 32.1 Å². The van der Waals surface area contributed by atoms with Gasteiger partial charge in [0.05, 0.1) is 31.5 Å². The minimum absolute atomic E-state index is 0.0208. The van der Waals surface area contributed by atoms with Crippen molar-refractivity contribution in [1.82, 2.24) is 0 Å². The lowest BCUT2D eigenvalue weighted by molar-refractivity contribution is -0.369. The highest BCUT2D eigenvalue weighted by molar-refractivity contribution is 5.65. The van der Waals surface area contributed by atoms with E-state index in [-0.39, 0.29) is 48.1 Å². The van der Waals surface area contributed by atoms with E-state index in [1.807, 2.05) is 6.92 Å². The number of hydrogen-bond donors (Lipinski definition) is 9. The molecule has 19 heteroatoms. The predicted octanol–water partition coefficient (Wildman–Crippen LogP) is 0.393. The van der Waals surface area contributed by atoms with Gasteiger partial charge >= 0.3 is 5.97 Å². The molecule has 384 valence electrons. The Balaban J connectivity index is 0.907. The summed E-state index contributed by atoms with van der Waals surface area (Å²) < 4.78 is 54.4. The van der Waals surface area contributed by atoms with Crippen LogP contribution < -0.4 is 0 Å². The molecule has 0 bridgehead atoms. The van der Waals surface area contributed by atoms with Crippen molar-refractivity contribution < 1.29 is 93.4 Å². The molecule has 8 aliphatic rings. The summed E-state index contributed by atoms with van der Waals surface area (Å²) in [5.41, 5.74) is 1.30. The number of carbonyl (C=O) groups is 1. The first kappa shape index (κ1) is 51.9. The number of methoxy groups -OCH3 is 1. The van der Waals surface area contributed by atoms with E-state index in [2.05, 4.69) is 26.8 Å². The van der Waals surface area contributed by atoms with Gasteiger partial charge in [0, 0.05) is 26.4 Å². The largest absolute Gasteiger partial charge is 0.463 e. The van der Waals surface area contributed by atoms with Crippen LogP contribution in [-0.4, -0.2) is 189 Å². The zero-order valence-electron chi connectivity index (χ0n) is 39.9. The van der Waals surface area contributed by atoms with Crippen molar-refractivity contribution >= 4 is 5.97 Å². The van der Waals surface area contributed by atoms with Crippen LogP contribution in [0, 0.1) is 46.3 Å². The number of aliphatic hydroxyl groups is 9. The second kappa shape index (κ2) is 20.2. The van der Waals surface area contributed by atoms with E-state index in [1.165, 1.54) is 19.4 Å². The fourth-order valence-corrected chi connectivity index (χ4v) is 14.0. The fraction of sp³-hybridized carbons (Fsp3) is 0.938. The maximum Gasteiger partial charge on any atom is 0.302 e. The quantitative estimate of drug-likeness (QED) is 0.0841. The summed E-state index contributed by atoms with van der Waals surface area (Å²) in [4.78, 5) is 11.7. The number of esters is 1. The van der Waals surface area contributed by atoms with Gasteiger partial charge in [0.15, 0.2) is 24.7 Å². The molecule has 0 aromatic heterocycles. The average Bonchev–Trinajstić information content (AvgIpc) is 3.76. The lowest BCUT2D eigenvalue weighted by atomic mass is 9.47. The highest BCUT2D eigenvalue weighted by Gasteiger charge is 2.68. The van der Waals surface area contributed by atoms with Crippen LogP contribution in [0.3, 0.4) is 0 Å². The molecule has 3 saturated carbocycles. The first-order chi connectivity index (χ1) is 31.7. The van der Waals surface area contributed by atoms with Gasteiger partial charge in [0.25, 0.3) is 0 Å². The van der Waals surface area contributed by atoms with Crippen molar-refractivity contribution in [2.24, 2.45) is 46.3 Å². The van der Waals surface area contributed by atoms with E-state index in [0.29, 0.717) is 49.4 Å². The van der Waals surface area contributed by atoms with Crippen LogP contribution in [0.2, 0.25) is 0 Å². The average molecular weight is 959 g/mol. The van der Waals surface area contributed by atoms with Gasteiger partial charge in [0.1, 0.15) is 73.8 Å². The SMILES string of the molecule is CO[C@@]1(CC[C@@H](C)CO[C@@H]2O[C@H](CO)[C@@H](O)[C@H](O)[C@H]2O)O[C@H]2C[C@H]3[C@@H]4CC=C5C[C@@H](O[C@@H]6O[C@H](COC(C)=O)[C@@H](O)[C@H](O)[C@H]6O[C@@H]6O[C@@H](C)[C@H](O)[C@@H](O)[C@H]6O)CC[C@]5(C)[C@H]4CC[C@]3(C)[C@H]2[C@@H]1C. The van der Waals surface area contributed by atoms with Gasteiger partial charge < -0.3 is 88.6 Å². The maximum absolute atomic E-state index is 11.7. The third-order valence-corrected chi connectivity index (χ3v) is 18.0. The van der Waals surface area contributed by atoms with Crippen LogP contribution in [-0.2, 0) is 47.4 Å². The second-order valence-corrected chi connectivity index (χ2v) is 21.8. The lowest BCUT2D eigenvalue weighted by Gasteiger charge is -2.58. The van der Waals surface area contributed by atoms with Gasteiger partial charge in [-0.2, -0.15) is 0 Å². The molecular formula is C48H78O19. The summed E-state index contributed by atoms with van der Waals surface area (Å²) in [5.74, 6) is 0.485. The standard InChI is InChI=1S/C48H78O19/c1-21(19-61-43-40(57)38(55)35(52)31(18-49)64-43)10-15-48(59-7)22(2)33-30(67-48)17-29-27-9-8-25-16-26(11-13-46(25,5)28(27)12-14-47(29,33)6)63-45-42(39(56)36(53)32(65-45)20-60-24(4)50)66-44-41(58)37(54)34(51)23(3)62-44/h8,21-23,26-45,49,51-58H,9-20H2,1-7H3/t21-,22+,23+,26+,27-,28+,29+,30+,31-,32-,33+,34+,35-,36-,37-,38+,39+,40-,41-,42-,43-,44+,45-,46+,47+,48+/m1/s1. The van der Waals surface area contributed by atoms with Crippen LogP contribution in [0.4, 0.5) is 0 Å². The molecule has 8 rings (SSSR count). The summed E-state index contributed by atoms with van der Waals surface area (Å²) in [6.07, 6.45) is -11.0. The van der Waals surface area contributed by atoms with E-state index in [1.54, 1.807) is 7.11 Å². The number of hydrogen-bond acceptors (Lipinski definition) is 19. The molecule has 0 aromatic rings. The first-order valence-electron chi connectivity index (χ1n) is 24.7. The van der Waals surface area contributed by atoms with Crippen molar-refractivity contribution in [3.05, 3.63) is 11.6 Å². The molecule has 0 spiro atoms. The molecule has 19 nitrogen and oxygen atoms in total. The Labute approximate surface area is 392 Å². The van der Waals surface area contributed by atoms with Gasteiger partial charge in [0.2, 0.25) is 0 Å². The normalized spacial score (nSPS) is 52.3. The van der Waals surface area contributed by atoms with Gasteiger partial charge in [-0.1, -0.05) is 39.3 Å². The summed E-state index contributed by atoms with van der Waals surface area (Å²) in [6, 6.07) is 0. The molecule has 67 heavy (non-hydrogen) atoms. The zero-order chi connectivity index (χ0) is 48.5. The minimum Gasteiger partial charge on any atom is -0.463 e. The van der Waals surface area contributed by atoms with Crippen molar-refractivity contribution in [3.8, 4) is 0 Å². The monoisotopic (exact) mass is 959 g/mol. The van der Waals surface area contributed by atoms with E-state index in [9.17, 15) is 50.8 Å². The zero-order valence-corrected chi connectivity index (χ0v) is 39.9. The number of rotatable bonds is 14. The van der Waals surface area contributed by atoms with Gasteiger partial charge in [-0.15, -0.1) is 0 Å². The Kier molecular flexibility index (Phi) is 15.6. The first-order valence-corrected chi connectivity index (χ1v) is 24.7.